The van der Waals surface area contributed by atoms with Crippen LogP contribution < -0.4 is 5.73 Å². The second-order valence-corrected chi connectivity index (χ2v) is 5.32. The Morgan fingerprint density at radius 3 is 2.61 bits per heavy atom. The van der Waals surface area contributed by atoms with Gasteiger partial charge in [0.2, 0.25) is 0 Å². The van der Waals surface area contributed by atoms with E-state index < -0.39 is 0 Å². The number of nitrogens with zero attached hydrogens (tertiary/aromatic N) is 3. The molecular formula is C13H18N4O. The quantitative estimate of drug-likeness (QED) is 0.827. The molecule has 0 aliphatic carbocycles. The van der Waals surface area contributed by atoms with Gasteiger partial charge < -0.3 is 10.6 Å². The van der Waals surface area contributed by atoms with E-state index in [-0.39, 0.29) is 6.03 Å². The van der Waals surface area contributed by atoms with E-state index in [4.69, 9.17) is 5.73 Å². The zero-order valence-electron chi connectivity index (χ0n) is 10.3. The van der Waals surface area contributed by atoms with Crippen molar-refractivity contribution in [1.82, 2.24) is 14.8 Å². The molecule has 5 heteroatoms. The summed E-state index contributed by atoms with van der Waals surface area (Å²) < 4.78 is 0. The van der Waals surface area contributed by atoms with E-state index in [0.717, 1.165) is 32.7 Å². The molecule has 3 heterocycles. The molecule has 0 aromatic carbocycles. The fraction of sp³-hybridized carbons (Fsp3) is 0.538. The molecule has 2 N–H and O–H groups in total. The Bertz CT molecular complexity index is 422. The lowest BCUT2D eigenvalue weighted by Crippen LogP contribution is -2.36. The summed E-state index contributed by atoms with van der Waals surface area (Å²) in [5.74, 6) is 1.18. The van der Waals surface area contributed by atoms with Crippen molar-refractivity contribution in [1.29, 1.82) is 0 Å². The number of carbonyl (C=O) groups excluding carboxylic acids is 1. The number of nitrogens with two attached hydrogens (primary N) is 1. The minimum Gasteiger partial charge on any atom is -0.351 e. The molecule has 0 bridgehead atoms. The number of amides is 2. The fourth-order valence-corrected chi connectivity index (χ4v) is 3.15. The zero-order valence-corrected chi connectivity index (χ0v) is 10.3. The number of hydrogen-bond acceptors (Lipinski definition) is 3. The second kappa shape index (κ2) is 4.57. The van der Waals surface area contributed by atoms with Crippen LogP contribution in [0.4, 0.5) is 4.79 Å². The Balaban J connectivity index is 1.57. The molecule has 1 aromatic heterocycles. The van der Waals surface area contributed by atoms with Crippen LogP contribution in [-0.2, 0) is 6.54 Å². The Hall–Kier alpha value is -1.62. The van der Waals surface area contributed by atoms with Gasteiger partial charge in [0.25, 0.3) is 0 Å². The van der Waals surface area contributed by atoms with Crippen LogP contribution in [0.3, 0.4) is 0 Å². The van der Waals surface area contributed by atoms with E-state index in [1.807, 2.05) is 12.3 Å². The second-order valence-electron chi connectivity index (χ2n) is 5.32. The van der Waals surface area contributed by atoms with Crippen molar-refractivity contribution in [3.8, 4) is 0 Å². The zero-order chi connectivity index (χ0) is 12.5. The van der Waals surface area contributed by atoms with E-state index in [1.54, 1.807) is 11.1 Å². The third-order valence-corrected chi connectivity index (χ3v) is 4.00. The largest absolute Gasteiger partial charge is 0.351 e. The lowest BCUT2D eigenvalue weighted by molar-refractivity contribution is 0.208. The molecule has 0 spiro atoms. The lowest BCUT2D eigenvalue weighted by atomic mass is 10.0. The summed E-state index contributed by atoms with van der Waals surface area (Å²) in [6, 6.07) is 3.81. The fourth-order valence-electron chi connectivity index (χ4n) is 3.15. The Morgan fingerprint density at radius 2 is 2.06 bits per heavy atom. The number of pyridine rings is 1. The molecule has 2 atom stereocenters. The molecule has 2 amide bonds. The summed E-state index contributed by atoms with van der Waals surface area (Å²) in [4.78, 5) is 19.5. The van der Waals surface area contributed by atoms with Gasteiger partial charge in [-0.3, -0.25) is 9.88 Å². The summed E-state index contributed by atoms with van der Waals surface area (Å²) in [5, 5.41) is 0. The minimum atomic E-state index is -0.275. The van der Waals surface area contributed by atoms with E-state index >= 15 is 0 Å². The van der Waals surface area contributed by atoms with Crippen molar-refractivity contribution < 1.29 is 4.79 Å². The Morgan fingerprint density at radius 1 is 1.33 bits per heavy atom. The first kappa shape index (κ1) is 11.5. The van der Waals surface area contributed by atoms with Gasteiger partial charge in [0.15, 0.2) is 0 Å². The molecule has 0 unspecified atom stereocenters. The average Bonchev–Trinajstić information content (AvgIpc) is 2.88. The Labute approximate surface area is 107 Å². The maximum atomic E-state index is 11.1. The number of aromatic nitrogens is 1. The molecule has 18 heavy (non-hydrogen) atoms. The number of hydrogen-bond donors (Lipinski definition) is 1. The van der Waals surface area contributed by atoms with Crippen molar-refractivity contribution >= 4 is 6.03 Å². The minimum absolute atomic E-state index is 0.275. The predicted octanol–water partition coefficient (Wildman–Crippen LogP) is 0.524. The van der Waals surface area contributed by atoms with Gasteiger partial charge in [0, 0.05) is 45.1 Å². The average molecular weight is 246 g/mol. The lowest BCUT2D eigenvalue weighted by Gasteiger charge is -2.20. The molecule has 1 aromatic rings. The van der Waals surface area contributed by atoms with Crippen molar-refractivity contribution in [3.05, 3.63) is 30.1 Å². The molecule has 0 saturated carbocycles. The SMILES string of the molecule is NC(=O)N1C[C@H]2CN(Cc3cccnc3)C[C@H]2C1. The van der Waals surface area contributed by atoms with Crippen LogP contribution in [-0.4, -0.2) is 47.0 Å². The van der Waals surface area contributed by atoms with Crippen molar-refractivity contribution in [2.75, 3.05) is 26.2 Å². The third kappa shape index (κ3) is 2.18. The van der Waals surface area contributed by atoms with Gasteiger partial charge in [0.05, 0.1) is 0 Å². The first-order valence-corrected chi connectivity index (χ1v) is 6.38. The van der Waals surface area contributed by atoms with Crippen LogP contribution in [0.25, 0.3) is 0 Å². The predicted molar refractivity (Wildman–Crippen MR) is 67.7 cm³/mol. The number of primary amides is 1. The highest BCUT2D eigenvalue weighted by molar-refractivity contribution is 5.72. The number of fused-ring (bicyclic) bond motifs is 1. The topological polar surface area (TPSA) is 62.5 Å². The molecule has 3 rings (SSSR count). The molecule has 2 saturated heterocycles. The molecule has 2 aliphatic rings. The summed E-state index contributed by atoms with van der Waals surface area (Å²) in [6.45, 7) is 4.72. The standard InChI is InChI=1S/C13H18N4O/c14-13(18)17-8-11-6-16(7-12(11)9-17)5-10-2-1-3-15-4-10/h1-4,11-12H,5-9H2,(H2,14,18)/t11-,12+. The van der Waals surface area contributed by atoms with Gasteiger partial charge in [-0.25, -0.2) is 4.79 Å². The van der Waals surface area contributed by atoms with E-state index in [1.165, 1.54) is 5.56 Å². The van der Waals surface area contributed by atoms with E-state index in [9.17, 15) is 4.79 Å². The molecule has 2 fully saturated rings. The van der Waals surface area contributed by atoms with Crippen LogP contribution in [0.2, 0.25) is 0 Å². The van der Waals surface area contributed by atoms with Crippen molar-refractivity contribution in [2.45, 2.75) is 6.54 Å². The molecule has 0 radical (unpaired) electrons. The third-order valence-electron chi connectivity index (χ3n) is 4.00. The number of carbonyl (C=O) groups is 1. The molecule has 2 aliphatic heterocycles. The smallest absolute Gasteiger partial charge is 0.314 e. The van der Waals surface area contributed by atoms with Gasteiger partial charge in [-0.2, -0.15) is 0 Å². The maximum absolute atomic E-state index is 11.1. The maximum Gasteiger partial charge on any atom is 0.314 e. The summed E-state index contributed by atoms with van der Waals surface area (Å²) in [5.41, 5.74) is 6.58. The molecule has 5 nitrogen and oxygen atoms in total. The van der Waals surface area contributed by atoms with E-state index in [2.05, 4.69) is 16.0 Å². The van der Waals surface area contributed by atoms with Crippen LogP contribution in [0.5, 0.6) is 0 Å². The summed E-state index contributed by atoms with van der Waals surface area (Å²) in [6.07, 6.45) is 3.72. The van der Waals surface area contributed by atoms with Gasteiger partial charge >= 0.3 is 6.03 Å². The van der Waals surface area contributed by atoms with E-state index in [0.29, 0.717) is 11.8 Å². The highest BCUT2D eigenvalue weighted by atomic mass is 16.2. The van der Waals surface area contributed by atoms with Crippen LogP contribution in [0, 0.1) is 11.8 Å². The number of likely N-dealkylation sites (tertiary alicyclic amines) is 2. The number of urea groups is 1. The monoisotopic (exact) mass is 246 g/mol. The summed E-state index contributed by atoms with van der Waals surface area (Å²) >= 11 is 0. The first-order valence-electron chi connectivity index (χ1n) is 6.38. The van der Waals surface area contributed by atoms with Crippen LogP contribution >= 0.6 is 0 Å². The molecule has 96 valence electrons. The highest BCUT2D eigenvalue weighted by Crippen LogP contribution is 2.31. The van der Waals surface area contributed by atoms with Gasteiger partial charge in [-0.05, 0) is 23.5 Å². The molecular weight excluding hydrogens is 228 g/mol. The first-order chi connectivity index (χ1) is 8.72. The normalized spacial score (nSPS) is 27.4. The number of rotatable bonds is 2. The highest BCUT2D eigenvalue weighted by Gasteiger charge is 2.40. The van der Waals surface area contributed by atoms with Gasteiger partial charge in [0.1, 0.15) is 0 Å². The van der Waals surface area contributed by atoms with Crippen LogP contribution in [0.1, 0.15) is 5.56 Å². The van der Waals surface area contributed by atoms with Gasteiger partial charge in [-0.1, -0.05) is 6.07 Å². The van der Waals surface area contributed by atoms with Crippen molar-refractivity contribution in [2.24, 2.45) is 17.6 Å². The van der Waals surface area contributed by atoms with Gasteiger partial charge in [-0.15, -0.1) is 0 Å². The van der Waals surface area contributed by atoms with Crippen molar-refractivity contribution in [3.63, 3.8) is 0 Å². The van der Waals surface area contributed by atoms with Crippen LogP contribution in [0.15, 0.2) is 24.5 Å². The Kier molecular flexibility index (Phi) is 2.91. The summed E-state index contributed by atoms with van der Waals surface area (Å²) in [7, 11) is 0.